The van der Waals surface area contributed by atoms with E-state index in [0.717, 1.165) is 31.4 Å². The van der Waals surface area contributed by atoms with Gasteiger partial charge in [-0.05, 0) is 25.0 Å². The zero-order chi connectivity index (χ0) is 11.2. The Balaban J connectivity index is 2.12. The molecule has 0 saturated heterocycles. The fourth-order valence-corrected chi connectivity index (χ4v) is 2.41. The number of nitrogens with zero attached hydrogens (tertiary/aromatic N) is 1. The molecule has 0 N–H and O–H groups in total. The summed E-state index contributed by atoms with van der Waals surface area (Å²) in [6.07, 6.45) is 9.47. The summed E-state index contributed by atoms with van der Waals surface area (Å²) >= 11 is 0. The Hall–Kier alpha value is -1.18. The van der Waals surface area contributed by atoms with Crippen LogP contribution in [0.25, 0.3) is 0 Å². The van der Waals surface area contributed by atoms with E-state index in [9.17, 15) is 4.79 Å². The van der Waals surface area contributed by atoms with Gasteiger partial charge >= 0.3 is 0 Å². The lowest BCUT2D eigenvalue weighted by atomic mass is 9.92. The molecule has 1 aromatic heterocycles. The number of hydrogen-bond donors (Lipinski definition) is 0. The van der Waals surface area contributed by atoms with Crippen LogP contribution in [0.5, 0.6) is 0 Å². The Morgan fingerprint density at radius 3 is 2.69 bits per heavy atom. The van der Waals surface area contributed by atoms with Crippen LogP contribution in [0.2, 0.25) is 0 Å². The van der Waals surface area contributed by atoms with Gasteiger partial charge in [0.15, 0.2) is 0 Å². The maximum absolute atomic E-state index is 12.1. The third-order valence-electron chi connectivity index (χ3n) is 3.35. The van der Waals surface area contributed by atoms with Gasteiger partial charge in [0, 0.05) is 12.6 Å². The standard InChI is InChI=1S/C14H19NO/c16-14-10-5-3-1-2-4-8-12(14)13-9-6-7-11-15-13/h6-7,9,11-12H,1-5,8,10H2. The van der Waals surface area contributed by atoms with Gasteiger partial charge in [0.25, 0.3) is 0 Å². The first kappa shape index (κ1) is 11.3. The largest absolute Gasteiger partial charge is 0.299 e. The number of carbonyl (C=O) groups excluding carboxylic acids is 1. The molecule has 0 aromatic carbocycles. The molecule has 1 aliphatic rings. The van der Waals surface area contributed by atoms with E-state index < -0.39 is 0 Å². The molecule has 1 aromatic rings. The van der Waals surface area contributed by atoms with Crippen LogP contribution in [0.15, 0.2) is 24.4 Å². The average molecular weight is 217 g/mol. The summed E-state index contributed by atoms with van der Waals surface area (Å²) in [6, 6.07) is 5.87. The Bertz CT molecular complexity index is 334. The first-order valence-corrected chi connectivity index (χ1v) is 6.31. The second kappa shape index (κ2) is 5.78. The van der Waals surface area contributed by atoms with E-state index in [1.54, 1.807) is 6.20 Å². The van der Waals surface area contributed by atoms with Crippen LogP contribution >= 0.6 is 0 Å². The van der Waals surface area contributed by atoms with Gasteiger partial charge in [-0.25, -0.2) is 0 Å². The van der Waals surface area contributed by atoms with Crippen molar-refractivity contribution < 1.29 is 4.79 Å². The zero-order valence-electron chi connectivity index (χ0n) is 9.69. The molecule has 0 amide bonds. The number of Topliss-reactive ketones (excluding diaryl/α,β-unsaturated/α-hetero) is 1. The van der Waals surface area contributed by atoms with Crippen molar-refractivity contribution in [2.24, 2.45) is 0 Å². The van der Waals surface area contributed by atoms with Crippen LogP contribution in [-0.4, -0.2) is 10.8 Å². The van der Waals surface area contributed by atoms with Gasteiger partial charge in [0.2, 0.25) is 0 Å². The van der Waals surface area contributed by atoms with Gasteiger partial charge in [-0.15, -0.1) is 0 Å². The molecule has 1 aliphatic carbocycles. The fraction of sp³-hybridized carbons (Fsp3) is 0.571. The quantitative estimate of drug-likeness (QED) is 0.721. The molecular formula is C14H19NO. The van der Waals surface area contributed by atoms with E-state index >= 15 is 0 Å². The first-order chi connectivity index (χ1) is 7.88. The molecule has 0 spiro atoms. The van der Waals surface area contributed by atoms with Crippen LogP contribution in [-0.2, 0) is 4.79 Å². The summed E-state index contributed by atoms with van der Waals surface area (Å²) in [5, 5.41) is 0. The molecule has 0 radical (unpaired) electrons. The molecule has 2 nitrogen and oxygen atoms in total. The summed E-state index contributed by atoms with van der Waals surface area (Å²) in [7, 11) is 0. The molecule has 0 aliphatic heterocycles. The van der Waals surface area contributed by atoms with Gasteiger partial charge in [0.05, 0.1) is 11.6 Å². The lowest BCUT2D eigenvalue weighted by Gasteiger charge is -2.13. The third kappa shape index (κ3) is 2.91. The molecular weight excluding hydrogens is 198 g/mol. The van der Waals surface area contributed by atoms with Crippen molar-refractivity contribution >= 4 is 5.78 Å². The number of ketones is 1. The summed E-state index contributed by atoms with van der Waals surface area (Å²) in [5.74, 6) is 0.444. The first-order valence-electron chi connectivity index (χ1n) is 6.31. The smallest absolute Gasteiger partial charge is 0.141 e. The maximum Gasteiger partial charge on any atom is 0.141 e. The van der Waals surface area contributed by atoms with Crippen molar-refractivity contribution in [3.8, 4) is 0 Å². The Morgan fingerprint density at radius 1 is 1.06 bits per heavy atom. The number of carbonyl (C=O) groups is 1. The predicted molar refractivity (Wildman–Crippen MR) is 64.3 cm³/mol. The van der Waals surface area contributed by atoms with E-state index in [4.69, 9.17) is 0 Å². The lowest BCUT2D eigenvalue weighted by molar-refractivity contribution is -0.120. The summed E-state index contributed by atoms with van der Waals surface area (Å²) in [4.78, 5) is 16.4. The Morgan fingerprint density at radius 2 is 1.88 bits per heavy atom. The summed E-state index contributed by atoms with van der Waals surface area (Å²) < 4.78 is 0. The van der Waals surface area contributed by atoms with Crippen LogP contribution in [0, 0.1) is 0 Å². The van der Waals surface area contributed by atoms with Crippen molar-refractivity contribution in [3.63, 3.8) is 0 Å². The van der Waals surface area contributed by atoms with Crippen LogP contribution in [0.4, 0.5) is 0 Å². The highest BCUT2D eigenvalue weighted by Gasteiger charge is 2.21. The second-order valence-electron chi connectivity index (χ2n) is 4.58. The normalized spacial score (nSPS) is 23.2. The Labute approximate surface area is 97.1 Å². The zero-order valence-corrected chi connectivity index (χ0v) is 9.69. The number of pyridine rings is 1. The van der Waals surface area contributed by atoms with Crippen LogP contribution in [0.1, 0.15) is 56.6 Å². The van der Waals surface area contributed by atoms with E-state index in [1.807, 2.05) is 18.2 Å². The molecule has 2 heteroatoms. The highest BCUT2D eigenvalue weighted by Crippen LogP contribution is 2.26. The van der Waals surface area contributed by atoms with Gasteiger partial charge in [-0.3, -0.25) is 9.78 Å². The number of hydrogen-bond acceptors (Lipinski definition) is 2. The molecule has 1 heterocycles. The minimum absolute atomic E-state index is 0.0549. The average Bonchev–Trinajstić information content (AvgIpc) is 2.43. The highest BCUT2D eigenvalue weighted by atomic mass is 16.1. The van der Waals surface area contributed by atoms with Crippen molar-refractivity contribution in [1.82, 2.24) is 4.98 Å². The van der Waals surface area contributed by atoms with Gasteiger partial charge in [-0.1, -0.05) is 31.7 Å². The molecule has 1 saturated carbocycles. The van der Waals surface area contributed by atoms with E-state index in [0.29, 0.717) is 5.78 Å². The molecule has 1 fully saturated rings. The number of aromatic nitrogens is 1. The van der Waals surface area contributed by atoms with Gasteiger partial charge in [-0.2, -0.15) is 0 Å². The van der Waals surface area contributed by atoms with E-state index in [-0.39, 0.29) is 5.92 Å². The molecule has 86 valence electrons. The van der Waals surface area contributed by atoms with Crippen molar-refractivity contribution in [2.45, 2.75) is 50.9 Å². The van der Waals surface area contributed by atoms with Crippen LogP contribution in [0.3, 0.4) is 0 Å². The highest BCUT2D eigenvalue weighted by molar-refractivity contribution is 5.85. The topological polar surface area (TPSA) is 30.0 Å². The van der Waals surface area contributed by atoms with Crippen molar-refractivity contribution in [1.29, 1.82) is 0 Å². The predicted octanol–water partition coefficient (Wildman–Crippen LogP) is 3.48. The molecule has 0 bridgehead atoms. The van der Waals surface area contributed by atoms with Crippen molar-refractivity contribution in [2.75, 3.05) is 0 Å². The molecule has 16 heavy (non-hydrogen) atoms. The molecule has 2 rings (SSSR count). The second-order valence-corrected chi connectivity index (χ2v) is 4.58. The lowest BCUT2D eigenvalue weighted by Crippen LogP contribution is -2.13. The SMILES string of the molecule is O=C1CCCCCCCC1c1ccccn1. The monoisotopic (exact) mass is 217 g/mol. The van der Waals surface area contributed by atoms with Gasteiger partial charge < -0.3 is 0 Å². The molecule has 1 atom stereocenters. The third-order valence-corrected chi connectivity index (χ3v) is 3.35. The maximum atomic E-state index is 12.1. The molecule has 1 unspecified atom stereocenters. The van der Waals surface area contributed by atoms with Crippen LogP contribution < -0.4 is 0 Å². The van der Waals surface area contributed by atoms with Gasteiger partial charge in [0.1, 0.15) is 5.78 Å². The fourth-order valence-electron chi connectivity index (χ4n) is 2.41. The minimum Gasteiger partial charge on any atom is -0.299 e. The Kier molecular flexibility index (Phi) is 4.09. The van der Waals surface area contributed by atoms with Crippen molar-refractivity contribution in [3.05, 3.63) is 30.1 Å². The van der Waals surface area contributed by atoms with E-state index in [2.05, 4.69) is 4.98 Å². The summed E-state index contributed by atoms with van der Waals surface area (Å²) in [5.41, 5.74) is 0.967. The van der Waals surface area contributed by atoms with E-state index in [1.165, 1.54) is 19.3 Å². The summed E-state index contributed by atoms with van der Waals surface area (Å²) in [6.45, 7) is 0. The number of rotatable bonds is 1. The minimum atomic E-state index is 0.0549.